The number of carbonyl (C=O) groups excluding carboxylic acids is 1. The van der Waals surface area contributed by atoms with Gasteiger partial charge in [-0.15, -0.1) is 0 Å². The first kappa shape index (κ1) is 15.9. The lowest BCUT2D eigenvalue weighted by Crippen LogP contribution is -2.27. The molecule has 0 N–H and O–H groups in total. The molecule has 0 aliphatic rings. The summed E-state index contributed by atoms with van der Waals surface area (Å²) in [4.78, 5) is 11.2. The number of ether oxygens (including phenoxy) is 2. The standard InChI is InChI=1S/C17H16F2O3/c1-12(20)22-14(11-21-13-6-3-2-4-7-13)10-15-16(18)8-5-9-17(15)19/h2-9,14H,10-11H2,1H3. The van der Waals surface area contributed by atoms with Crippen LogP contribution in [0.4, 0.5) is 8.78 Å². The Morgan fingerprint density at radius 3 is 2.27 bits per heavy atom. The van der Waals surface area contributed by atoms with Crippen LogP contribution in [-0.4, -0.2) is 18.7 Å². The predicted octanol–water partition coefficient (Wildman–Crippen LogP) is 3.52. The molecule has 0 aliphatic carbocycles. The summed E-state index contributed by atoms with van der Waals surface area (Å²) in [5, 5.41) is 0. The highest BCUT2D eigenvalue weighted by atomic mass is 19.1. The Hall–Kier alpha value is -2.43. The lowest BCUT2D eigenvalue weighted by molar-refractivity contribution is -0.147. The van der Waals surface area contributed by atoms with E-state index in [9.17, 15) is 13.6 Å². The first-order valence-corrected chi connectivity index (χ1v) is 6.84. The van der Waals surface area contributed by atoms with Crippen LogP contribution in [0.1, 0.15) is 12.5 Å². The summed E-state index contributed by atoms with van der Waals surface area (Å²) in [5.41, 5.74) is -0.120. The summed E-state index contributed by atoms with van der Waals surface area (Å²) in [6.07, 6.45) is -0.866. The number of carbonyl (C=O) groups is 1. The fourth-order valence-corrected chi connectivity index (χ4v) is 2.03. The topological polar surface area (TPSA) is 35.5 Å². The number of hydrogen-bond donors (Lipinski definition) is 0. The van der Waals surface area contributed by atoms with Gasteiger partial charge in [0.25, 0.3) is 0 Å². The molecule has 0 bridgehead atoms. The van der Waals surface area contributed by atoms with Crippen molar-refractivity contribution >= 4 is 5.97 Å². The maximum absolute atomic E-state index is 13.7. The van der Waals surface area contributed by atoms with E-state index in [1.807, 2.05) is 6.07 Å². The Balaban J connectivity index is 2.07. The second-order valence-corrected chi connectivity index (χ2v) is 4.76. The zero-order valence-corrected chi connectivity index (χ0v) is 12.1. The number of halogens is 2. The van der Waals surface area contributed by atoms with Crippen LogP contribution in [0.3, 0.4) is 0 Å². The van der Waals surface area contributed by atoms with Gasteiger partial charge in [0.1, 0.15) is 30.1 Å². The minimum Gasteiger partial charge on any atom is -0.490 e. The molecule has 0 heterocycles. The van der Waals surface area contributed by atoms with Crippen molar-refractivity contribution in [2.45, 2.75) is 19.4 Å². The highest BCUT2D eigenvalue weighted by Crippen LogP contribution is 2.17. The quantitative estimate of drug-likeness (QED) is 0.766. The van der Waals surface area contributed by atoms with Gasteiger partial charge in [-0.3, -0.25) is 4.79 Å². The van der Waals surface area contributed by atoms with Crippen LogP contribution in [0.5, 0.6) is 5.75 Å². The minimum absolute atomic E-state index is 0.0113. The highest BCUT2D eigenvalue weighted by molar-refractivity contribution is 5.66. The minimum atomic E-state index is -0.774. The average Bonchev–Trinajstić information content (AvgIpc) is 2.49. The summed E-state index contributed by atoms with van der Waals surface area (Å²) in [7, 11) is 0. The second kappa shape index (κ2) is 7.54. The van der Waals surface area contributed by atoms with Crippen LogP contribution in [0.25, 0.3) is 0 Å². The van der Waals surface area contributed by atoms with Crippen molar-refractivity contribution in [2.24, 2.45) is 0 Å². The van der Waals surface area contributed by atoms with Crippen molar-refractivity contribution in [3.05, 3.63) is 65.7 Å². The van der Waals surface area contributed by atoms with Gasteiger partial charge in [0, 0.05) is 18.9 Å². The number of esters is 1. The highest BCUT2D eigenvalue weighted by Gasteiger charge is 2.19. The van der Waals surface area contributed by atoms with Crippen LogP contribution in [0, 0.1) is 11.6 Å². The fourth-order valence-electron chi connectivity index (χ4n) is 2.03. The maximum atomic E-state index is 13.7. The van der Waals surface area contributed by atoms with Gasteiger partial charge in [-0.25, -0.2) is 8.78 Å². The lowest BCUT2D eigenvalue weighted by atomic mass is 10.1. The Bertz CT molecular complexity index is 609. The Morgan fingerprint density at radius 1 is 1.05 bits per heavy atom. The summed E-state index contributed by atoms with van der Waals surface area (Å²) >= 11 is 0. The third-order valence-corrected chi connectivity index (χ3v) is 3.01. The van der Waals surface area contributed by atoms with E-state index in [4.69, 9.17) is 9.47 Å². The molecular weight excluding hydrogens is 290 g/mol. The van der Waals surface area contributed by atoms with E-state index in [-0.39, 0.29) is 18.6 Å². The van der Waals surface area contributed by atoms with Crippen molar-refractivity contribution in [3.63, 3.8) is 0 Å². The third-order valence-electron chi connectivity index (χ3n) is 3.01. The van der Waals surface area contributed by atoms with Gasteiger partial charge in [0.2, 0.25) is 0 Å². The van der Waals surface area contributed by atoms with E-state index in [0.717, 1.165) is 0 Å². The maximum Gasteiger partial charge on any atom is 0.303 e. The van der Waals surface area contributed by atoms with Gasteiger partial charge < -0.3 is 9.47 Å². The van der Waals surface area contributed by atoms with Crippen molar-refractivity contribution in [1.29, 1.82) is 0 Å². The lowest BCUT2D eigenvalue weighted by Gasteiger charge is -2.18. The molecule has 5 heteroatoms. The summed E-state index contributed by atoms with van der Waals surface area (Å²) in [5.74, 6) is -1.28. The average molecular weight is 306 g/mol. The number of para-hydroxylation sites is 1. The van der Waals surface area contributed by atoms with E-state index < -0.39 is 23.7 Å². The van der Waals surface area contributed by atoms with Gasteiger partial charge >= 0.3 is 5.97 Å². The smallest absolute Gasteiger partial charge is 0.303 e. The molecule has 2 aromatic carbocycles. The monoisotopic (exact) mass is 306 g/mol. The Labute approximate surface area is 127 Å². The van der Waals surface area contributed by atoms with Crippen LogP contribution in [0.15, 0.2) is 48.5 Å². The molecule has 116 valence electrons. The number of rotatable bonds is 6. The summed E-state index contributed by atoms with van der Waals surface area (Å²) in [6.45, 7) is 1.25. The number of benzene rings is 2. The number of hydrogen-bond acceptors (Lipinski definition) is 3. The predicted molar refractivity (Wildman–Crippen MR) is 77.6 cm³/mol. The van der Waals surface area contributed by atoms with Gasteiger partial charge in [-0.2, -0.15) is 0 Å². The zero-order chi connectivity index (χ0) is 15.9. The third kappa shape index (κ3) is 4.55. The molecule has 1 unspecified atom stereocenters. The molecule has 0 amide bonds. The van der Waals surface area contributed by atoms with E-state index >= 15 is 0 Å². The van der Waals surface area contributed by atoms with E-state index in [2.05, 4.69) is 0 Å². The molecule has 0 saturated heterocycles. The molecule has 1 atom stereocenters. The molecule has 0 radical (unpaired) electrons. The molecule has 0 aromatic heterocycles. The first-order chi connectivity index (χ1) is 10.6. The zero-order valence-electron chi connectivity index (χ0n) is 12.1. The Morgan fingerprint density at radius 2 is 1.68 bits per heavy atom. The Kier molecular flexibility index (Phi) is 5.47. The molecule has 0 saturated carbocycles. The van der Waals surface area contributed by atoms with Crippen molar-refractivity contribution in [1.82, 2.24) is 0 Å². The SMILES string of the molecule is CC(=O)OC(COc1ccccc1)Cc1c(F)cccc1F. The second-order valence-electron chi connectivity index (χ2n) is 4.76. The van der Waals surface area contributed by atoms with Crippen molar-refractivity contribution in [2.75, 3.05) is 6.61 Å². The summed E-state index contributed by atoms with van der Waals surface area (Å²) in [6, 6.07) is 12.5. The summed E-state index contributed by atoms with van der Waals surface area (Å²) < 4.78 is 38.0. The van der Waals surface area contributed by atoms with Gasteiger partial charge in [0.15, 0.2) is 0 Å². The van der Waals surface area contributed by atoms with Gasteiger partial charge in [0.05, 0.1) is 0 Å². The molecule has 0 spiro atoms. The fraction of sp³-hybridized carbons (Fsp3) is 0.235. The first-order valence-electron chi connectivity index (χ1n) is 6.84. The van der Waals surface area contributed by atoms with Gasteiger partial charge in [-0.05, 0) is 24.3 Å². The normalized spacial score (nSPS) is 11.8. The molecule has 0 aliphatic heterocycles. The molecule has 0 fully saturated rings. The van der Waals surface area contributed by atoms with E-state index in [0.29, 0.717) is 5.75 Å². The van der Waals surface area contributed by atoms with Crippen LogP contribution < -0.4 is 4.74 Å². The molecule has 2 aromatic rings. The molecule has 22 heavy (non-hydrogen) atoms. The van der Waals surface area contributed by atoms with Crippen LogP contribution in [0.2, 0.25) is 0 Å². The molecule has 3 nitrogen and oxygen atoms in total. The van der Waals surface area contributed by atoms with Crippen molar-refractivity contribution < 1.29 is 23.0 Å². The molecule has 2 rings (SSSR count). The van der Waals surface area contributed by atoms with E-state index in [1.165, 1.54) is 25.1 Å². The largest absolute Gasteiger partial charge is 0.490 e. The molecular formula is C17H16F2O3. The van der Waals surface area contributed by atoms with Gasteiger partial charge in [-0.1, -0.05) is 24.3 Å². The van der Waals surface area contributed by atoms with Crippen molar-refractivity contribution in [3.8, 4) is 5.75 Å². The van der Waals surface area contributed by atoms with Crippen LogP contribution >= 0.6 is 0 Å². The van der Waals surface area contributed by atoms with Crippen LogP contribution in [-0.2, 0) is 16.0 Å². The van der Waals surface area contributed by atoms with E-state index in [1.54, 1.807) is 24.3 Å².